The minimum absolute atomic E-state index is 0.0789. The standard InChI is InChI=1S/C27H39N5O8/c33-23-5-4-22(25(34)30-23)32-26(35)20-2-1-3-21(24(20)27(32)36)29-8-12-37-14-16-39-18-19-40-17-15-38-13-11-31-9-6-28-7-10-31/h1-3,22,28-29H,4-19H2,(H,30,33,34). The fourth-order valence-electron chi connectivity index (χ4n) is 4.81. The molecule has 2 fully saturated rings. The summed E-state index contributed by atoms with van der Waals surface area (Å²) in [5.74, 6) is -2.12. The largest absolute Gasteiger partial charge is 0.382 e. The van der Waals surface area contributed by atoms with Crippen LogP contribution >= 0.6 is 0 Å². The first kappa shape index (κ1) is 30.0. The highest BCUT2D eigenvalue weighted by Crippen LogP contribution is 2.32. The number of benzene rings is 1. The Balaban J connectivity index is 1.03. The average Bonchev–Trinajstić information content (AvgIpc) is 3.21. The lowest BCUT2D eigenvalue weighted by Crippen LogP contribution is -2.54. The van der Waals surface area contributed by atoms with Gasteiger partial charge < -0.3 is 29.6 Å². The van der Waals surface area contributed by atoms with E-state index in [2.05, 4.69) is 20.9 Å². The minimum atomic E-state index is -0.993. The summed E-state index contributed by atoms with van der Waals surface area (Å²) in [6.45, 7) is 9.58. The van der Waals surface area contributed by atoms with Gasteiger partial charge in [0.15, 0.2) is 0 Å². The topological polar surface area (TPSA) is 148 Å². The van der Waals surface area contributed by atoms with E-state index in [-0.39, 0.29) is 24.0 Å². The van der Waals surface area contributed by atoms with Gasteiger partial charge in [0.25, 0.3) is 11.8 Å². The van der Waals surface area contributed by atoms with Crippen molar-refractivity contribution in [1.82, 2.24) is 20.4 Å². The van der Waals surface area contributed by atoms with Crippen LogP contribution in [0.2, 0.25) is 0 Å². The molecular weight excluding hydrogens is 522 g/mol. The number of hydrogen-bond acceptors (Lipinski definition) is 11. The number of anilines is 1. The van der Waals surface area contributed by atoms with E-state index in [0.717, 1.165) is 37.6 Å². The lowest BCUT2D eigenvalue weighted by atomic mass is 10.0. The number of piperazine rings is 1. The van der Waals surface area contributed by atoms with Gasteiger partial charge in [-0.1, -0.05) is 6.07 Å². The maximum Gasteiger partial charge on any atom is 0.264 e. The Bertz CT molecular complexity index is 1030. The predicted molar refractivity (Wildman–Crippen MR) is 144 cm³/mol. The SMILES string of the molecule is O=C1CCC(N2C(=O)c3cccc(NCCOCCOCCOCCOCCN4CCNCC4)c3C2=O)C(=O)N1. The third-order valence-corrected chi connectivity index (χ3v) is 6.91. The molecule has 4 rings (SSSR count). The van der Waals surface area contributed by atoms with Crippen molar-refractivity contribution < 1.29 is 38.1 Å². The zero-order valence-corrected chi connectivity index (χ0v) is 22.8. The van der Waals surface area contributed by atoms with Gasteiger partial charge in [-0.25, -0.2) is 0 Å². The molecule has 0 saturated carbocycles. The highest BCUT2D eigenvalue weighted by atomic mass is 16.6. The van der Waals surface area contributed by atoms with Crippen LogP contribution in [0.1, 0.15) is 33.6 Å². The molecule has 0 aliphatic carbocycles. The first-order valence-corrected chi connectivity index (χ1v) is 13.9. The summed E-state index contributed by atoms with van der Waals surface area (Å²) >= 11 is 0. The van der Waals surface area contributed by atoms with Gasteiger partial charge in [0.2, 0.25) is 11.8 Å². The summed E-state index contributed by atoms with van der Waals surface area (Å²) in [5, 5.41) is 8.67. The van der Waals surface area contributed by atoms with Crippen molar-refractivity contribution in [1.29, 1.82) is 0 Å². The van der Waals surface area contributed by atoms with Crippen molar-refractivity contribution in [3.05, 3.63) is 29.3 Å². The Morgan fingerprint density at radius 2 is 1.48 bits per heavy atom. The first-order chi connectivity index (χ1) is 19.6. The molecule has 1 aromatic carbocycles. The van der Waals surface area contributed by atoms with Crippen LogP contribution in [0.25, 0.3) is 0 Å². The second-order valence-electron chi connectivity index (χ2n) is 9.64. The second kappa shape index (κ2) is 15.7. The van der Waals surface area contributed by atoms with Gasteiger partial charge in [-0.3, -0.25) is 34.3 Å². The van der Waals surface area contributed by atoms with Gasteiger partial charge in [-0.2, -0.15) is 0 Å². The van der Waals surface area contributed by atoms with Gasteiger partial charge >= 0.3 is 0 Å². The number of nitrogens with one attached hydrogen (secondary N) is 3. The van der Waals surface area contributed by atoms with Gasteiger partial charge in [0.05, 0.1) is 64.0 Å². The number of imide groups is 2. The maximum absolute atomic E-state index is 13.1. The maximum atomic E-state index is 13.1. The molecular formula is C27H39N5O8. The van der Waals surface area contributed by atoms with E-state index in [9.17, 15) is 19.2 Å². The molecule has 1 aromatic rings. The molecule has 13 nitrogen and oxygen atoms in total. The Kier molecular flexibility index (Phi) is 11.8. The highest BCUT2D eigenvalue weighted by Gasteiger charge is 2.45. The number of carbonyl (C=O) groups excluding carboxylic acids is 4. The number of hydrogen-bond donors (Lipinski definition) is 3. The minimum Gasteiger partial charge on any atom is -0.382 e. The summed E-state index contributed by atoms with van der Waals surface area (Å²) in [5.41, 5.74) is 0.957. The van der Waals surface area contributed by atoms with E-state index in [0.29, 0.717) is 65.1 Å². The number of piperidine rings is 1. The molecule has 3 heterocycles. The van der Waals surface area contributed by atoms with Crippen LogP contribution < -0.4 is 16.0 Å². The molecule has 40 heavy (non-hydrogen) atoms. The monoisotopic (exact) mass is 561 g/mol. The zero-order chi connectivity index (χ0) is 28.2. The van der Waals surface area contributed by atoms with Gasteiger partial charge in [0, 0.05) is 51.4 Å². The molecule has 0 bridgehead atoms. The second-order valence-corrected chi connectivity index (χ2v) is 9.64. The molecule has 1 atom stereocenters. The van der Waals surface area contributed by atoms with Gasteiger partial charge in [-0.05, 0) is 18.6 Å². The van der Waals surface area contributed by atoms with Crippen molar-refractivity contribution in [2.45, 2.75) is 18.9 Å². The molecule has 220 valence electrons. The zero-order valence-electron chi connectivity index (χ0n) is 22.8. The summed E-state index contributed by atoms with van der Waals surface area (Å²) in [6.07, 6.45) is 0.197. The smallest absolute Gasteiger partial charge is 0.264 e. The number of rotatable bonds is 17. The number of fused-ring (bicyclic) bond motifs is 1. The van der Waals surface area contributed by atoms with Gasteiger partial charge in [-0.15, -0.1) is 0 Å². The van der Waals surface area contributed by atoms with E-state index in [1.165, 1.54) is 0 Å². The van der Waals surface area contributed by atoms with E-state index < -0.39 is 29.7 Å². The fourth-order valence-corrected chi connectivity index (χ4v) is 4.81. The van der Waals surface area contributed by atoms with Crippen LogP contribution in [-0.2, 0) is 28.5 Å². The van der Waals surface area contributed by atoms with Crippen molar-refractivity contribution in [2.24, 2.45) is 0 Å². The van der Waals surface area contributed by atoms with E-state index >= 15 is 0 Å². The fraction of sp³-hybridized carbons (Fsp3) is 0.630. The van der Waals surface area contributed by atoms with E-state index in [1.54, 1.807) is 18.2 Å². The lowest BCUT2D eigenvalue weighted by molar-refractivity contribution is -0.136. The van der Waals surface area contributed by atoms with Crippen LogP contribution in [0.3, 0.4) is 0 Å². The molecule has 3 N–H and O–H groups in total. The number of nitrogens with zero attached hydrogens (tertiary/aromatic N) is 2. The summed E-state index contributed by atoms with van der Waals surface area (Å²) in [7, 11) is 0. The third kappa shape index (κ3) is 8.29. The Morgan fingerprint density at radius 3 is 2.15 bits per heavy atom. The Hall–Kier alpha value is -2.94. The van der Waals surface area contributed by atoms with Crippen LogP contribution in [0.15, 0.2) is 18.2 Å². The van der Waals surface area contributed by atoms with Crippen LogP contribution in [-0.4, -0.2) is 132 Å². The van der Waals surface area contributed by atoms with Crippen LogP contribution in [0, 0.1) is 0 Å². The molecule has 2 saturated heterocycles. The molecule has 0 aromatic heterocycles. The van der Waals surface area contributed by atoms with E-state index in [1.807, 2.05) is 0 Å². The normalized spacial score (nSPS) is 19.7. The molecule has 3 aliphatic rings. The number of ether oxygens (including phenoxy) is 4. The third-order valence-electron chi connectivity index (χ3n) is 6.91. The van der Waals surface area contributed by atoms with E-state index in [4.69, 9.17) is 18.9 Å². The van der Waals surface area contributed by atoms with Crippen molar-refractivity contribution >= 4 is 29.3 Å². The number of carbonyl (C=O) groups is 4. The van der Waals surface area contributed by atoms with Gasteiger partial charge in [0.1, 0.15) is 6.04 Å². The van der Waals surface area contributed by atoms with Crippen molar-refractivity contribution in [2.75, 3.05) is 97.4 Å². The Morgan fingerprint density at radius 1 is 0.825 bits per heavy atom. The molecule has 0 radical (unpaired) electrons. The Labute approximate surface area is 233 Å². The van der Waals surface area contributed by atoms with Crippen molar-refractivity contribution in [3.8, 4) is 0 Å². The molecule has 1 unspecified atom stereocenters. The van der Waals surface area contributed by atoms with Crippen LogP contribution in [0.4, 0.5) is 5.69 Å². The summed E-state index contributed by atoms with van der Waals surface area (Å²) in [4.78, 5) is 53.0. The molecule has 4 amide bonds. The molecule has 3 aliphatic heterocycles. The highest BCUT2D eigenvalue weighted by molar-refractivity contribution is 6.25. The first-order valence-electron chi connectivity index (χ1n) is 13.9. The lowest BCUT2D eigenvalue weighted by Gasteiger charge is -2.27. The quantitative estimate of drug-likeness (QED) is 0.167. The predicted octanol–water partition coefficient (Wildman–Crippen LogP) is -0.529. The molecule has 0 spiro atoms. The van der Waals surface area contributed by atoms with Crippen LogP contribution in [0.5, 0.6) is 0 Å². The molecule has 13 heteroatoms. The summed E-state index contributed by atoms with van der Waals surface area (Å²) in [6, 6.07) is 3.95. The average molecular weight is 562 g/mol. The summed E-state index contributed by atoms with van der Waals surface area (Å²) < 4.78 is 22.2. The van der Waals surface area contributed by atoms with Crippen molar-refractivity contribution in [3.63, 3.8) is 0 Å². The number of amides is 4.